The van der Waals surface area contributed by atoms with E-state index in [-0.39, 0.29) is 5.69 Å². The Morgan fingerprint density at radius 1 is 1.22 bits per heavy atom. The Labute approximate surface area is 134 Å². The van der Waals surface area contributed by atoms with E-state index in [1.807, 2.05) is 49.4 Å². The molecule has 5 heteroatoms. The highest BCUT2D eigenvalue weighted by Crippen LogP contribution is 2.25. The van der Waals surface area contributed by atoms with E-state index in [9.17, 15) is 9.90 Å². The summed E-state index contributed by atoms with van der Waals surface area (Å²) < 4.78 is 7.56. The molecule has 23 heavy (non-hydrogen) atoms. The minimum Gasteiger partial charge on any atom is -0.485 e. The van der Waals surface area contributed by atoms with Gasteiger partial charge in [-0.2, -0.15) is 0 Å². The molecule has 0 aliphatic heterocycles. The van der Waals surface area contributed by atoms with Gasteiger partial charge in [0.25, 0.3) is 0 Å². The lowest BCUT2D eigenvalue weighted by Gasteiger charge is -2.11. The first-order valence-electron chi connectivity index (χ1n) is 7.52. The Hall–Kier alpha value is -2.82. The van der Waals surface area contributed by atoms with Gasteiger partial charge >= 0.3 is 5.97 Å². The molecular formula is C18H18N2O3. The van der Waals surface area contributed by atoms with Crippen LogP contribution in [0.2, 0.25) is 0 Å². The Bertz CT molecular complexity index is 854. The highest BCUT2D eigenvalue weighted by molar-refractivity contribution is 5.89. The van der Waals surface area contributed by atoms with E-state index in [2.05, 4.69) is 4.98 Å². The molecule has 0 fully saturated rings. The number of carbonyl (C=O) groups is 1. The second-order valence-electron chi connectivity index (χ2n) is 5.33. The van der Waals surface area contributed by atoms with Crippen molar-refractivity contribution in [2.75, 3.05) is 0 Å². The fourth-order valence-electron chi connectivity index (χ4n) is 2.67. The zero-order valence-electron chi connectivity index (χ0n) is 13.1. The fraction of sp³-hybridized carbons (Fsp3) is 0.222. The highest BCUT2D eigenvalue weighted by Gasteiger charge is 2.20. The molecular weight excluding hydrogens is 292 g/mol. The summed E-state index contributed by atoms with van der Waals surface area (Å²) in [6.07, 6.45) is 0.714. The van der Waals surface area contributed by atoms with Gasteiger partial charge in [-0.1, -0.05) is 37.3 Å². The lowest BCUT2D eigenvalue weighted by Crippen LogP contribution is -2.08. The van der Waals surface area contributed by atoms with Gasteiger partial charge in [-0.15, -0.1) is 0 Å². The Morgan fingerprint density at radius 2 is 1.96 bits per heavy atom. The van der Waals surface area contributed by atoms with E-state index in [1.165, 1.54) is 0 Å². The maximum atomic E-state index is 11.6. The van der Waals surface area contributed by atoms with E-state index in [0.29, 0.717) is 30.1 Å². The fourth-order valence-corrected chi connectivity index (χ4v) is 2.67. The Morgan fingerprint density at radius 3 is 2.61 bits per heavy atom. The third kappa shape index (κ3) is 2.77. The van der Waals surface area contributed by atoms with E-state index >= 15 is 0 Å². The van der Waals surface area contributed by atoms with Crippen LogP contribution in [0.4, 0.5) is 0 Å². The van der Waals surface area contributed by atoms with Crippen LogP contribution in [-0.2, 0) is 13.0 Å². The minimum atomic E-state index is -0.982. The molecule has 0 bridgehead atoms. The summed E-state index contributed by atoms with van der Waals surface area (Å²) in [5.41, 5.74) is 3.18. The first kappa shape index (κ1) is 15.1. The minimum absolute atomic E-state index is 0.196. The molecule has 0 aliphatic rings. The number of hydrogen-bond acceptors (Lipinski definition) is 3. The average molecular weight is 310 g/mol. The normalized spacial score (nSPS) is 10.9. The number of benzene rings is 1. The largest absolute Gasteiger partial charge is 0.485 e. The molecule has 2 aromatic heterocycles. The van der Waals surface area contributed by atoms with Crippen LogP contribution in [0.1, 0.15) is 34.4 Å². The molecule has 0 aliphatic carbocycles. The molecule has 1 N–H and O–H groups in total. The third-order valence-electron chi connectivity index (χ3n) is 3.79. The van der Waals surface area contributed by atoms with Crippen LogP contribution < -0.4 is 4.74 Å². The number of rotatable bonds is 5. The van der Waals surface area contributed by atoms with Gasteiger partial charge in [-0.3, -0.25) is 4.40 Å². The van der Waals surface area contributed by atoms with Crippen LogP contribution >= 0.6 is 0 Å². The molecule has 0 unspecified atom stereocenters. The van der Waals surface area contributed by atoms with Gasteiger partial charge in [0.1, 0.15) is 6.61 Å². The standard InChI is InChI=1S/C18H18N2O3/c1-3-14-9-10-15(23-11-13-7-5-4-6-8-13)17-19-12(2)16(18(21)22)20(14)17/h4-10H,3,11H2,1-2H3,(H,21,22). The Balaban J connectivity index is 2.05. The van der Waals surface area contributed by atoms with Crippen molar-refractivity contribution in [2.24, 2.45) is 0 Å². The number of imidazole rings is 1. The summed E-state index contributed by atoms with van der Waals surface area (Å²) in [4.78, 5) is 16.0. The molecule has 3 rings (SSSR count). The first-order chi connectivity index (χ1) is 11.1. The van der Waals surface area contributed by atoms with Crippen molar-refractivity contribution in [1.29, 1.82) is 0 Å². The number of pyridine rings is 1. The van der Waals surface area contributed by atoms with Crippen molar-refractivity contribution in [3.63, 3.8) is 0 Å². The van der Waals surface area contributed by atoms with Crippen LogP contribution in [0, 0.1) is 6.92 Å². The molecule has 0 radical (unpaired) electrons. The molecule has 1 aromatic carbocycles. The number of nitrogens with zero attached hydrogens (tertiary/aromatic N) is 2. The summed E-state index contributed by atoms with van der Waals surface area (Å²) in [5, 5.41) is 9.47. The van der Waals surface area contributed by atoms with Crippen molar-refractivity contribution in [2.45, 2.75) is 26.9 Å². The SMILES string of the molecule is CCc1ccc(OCc2ccccc2)c2nc(C)c(C(=O)O)n12. The van der Waals surface area contributed by atoms with Crippen LogP contribution in [0.15, 0.2) is 42.5 Å². The predicted octanol–water partition coefficient (Wildman–Crippen LogP) is 3.48. The van der Waals surface area contributed by atoms with Crippen molar-refractivity contribution in [3.05, 3.63) is 65.1 Å². The predicted molar refractivity (Wildman–Crippen MR) is 87.0 cm³/mol. The summed E-state index contributed by atoms with van der Waals surface area (Å²) in [6, 6.07) is 13.6. The van der Waals surface area contributed by atoms with Crippen molar-refractivity contribution >= 4 is 11.6 Å². The van der Waals surface area contributed by atoms with E-state index in [1.54, 1.807) is 11.3 Å². The number of aromatic carboxylic acids is 1. The number of ether oxygens (including phenoxy) is 1. The maximum Gasteiger partial charge on any atom is 0.354 e. The van der Waals surface area contributed by atoms with Crippen LogP contribution in [0.3, 0.4) is 0 Å². The molecule has 0 saturated heterocycles. The van der Waals surface area contributed by atoms with Gasteiger partial charge in [0.2, 0.25) is 0 Å². The van der Waals surface area contributed by atoms with Gasteiger partial charge in [0, 0.05) is 5.69 Å². The van der Waals surface area contributed by atoms with Crippen LogP contribution in [0.5, 0.6) is 5.75 Å². The lowest BCUT2D eigenvalue weighted by molar-refractivity contribution is 0.0688. The zero-order valence-corrected chi connectivity index (χ0v) is 13.1. The smallest absolute Gasteiger partial charge is 0.354 e. The number of fused-ring (bicyclic) bond motifs is 1. The summed E-state index contributed by atoms with van der Waals surface area (Å²) in [5.74, 6) is -0.397. The van der Waals surface area contributed by atoms with Gasteiger partial charge in [-0.05, 0) is 31.0 Å². The van der Waals surface area contributed by atoms with Gasteiger partial charge in [0.05, 0.1) is 5.69 Å². The number of carboxylic acid groups (broad SMARTS) is 1. The number of carboxylic acids is 1. The van der Waals surface area contributed by atoms with Crippen LogP contribution in [-0.4, -0.2) is 20.5 Å². The molecule has 0 saturated carbocycles. The van der Waals surface area contributed by atoms with Gasteiger partial charge in [-0.25, -0.2) is 9.78 Å². The Kier molecular flexibility index (Phi) is 4.02. The van der Waals surface area contributed by atoms with E-state index < -0.39 is 5.97 Å². The van der Waals surface area contributed by atoms with E-state index in [4.69, 9.17) is 4.74 Å². The number of hydrogen-bond donors (Lipinski definition) is 1. The van der Waals surface area contributed by atoms with E-state index in [0.717, 1.165) is 11.3 Å². The van der Waals surface area contributed by atoms with Crippen molar-refractivity contribution < 1.29 is 14.6 Å². The van der Waals surface area contributed by atoms with Crippen molar-refractivity contribution in [1.82, 2.24) is 9.38 Å². The highest BCUT2D eigenvalue weighted by atomic mass is 16.5. The van der Waals surface area contributed by atoms with Gasteiger partial charge < -0.3 is 9.84 Å². The second-order valence-corrected chi connectivity index (χ2v) is 5.33. The van der Waals surface area contributed by atoms with Crippen LogP contribution in [0.25, 0.3) is 5.65 Å². The summed E-state index contributed by atoms with van der Waals surface area (Å²) >= 11 is 0. The number of aryl methyl sites for hydroxylation is 2. The third-order valence-corrected chi connectivity index (χ3v) is 3.79. The summed E-state index contributed by atoms with van der Waals surface area (Å²) in [7, 11) is 0. The summed E-state index contributed by atoms with van der Waals surface area (Å²) in [6.45, 7) is 4.10. The maximum absolute atomic E-state index is 11.6. The second kappa shape index (κ2) is 6.12. The molecule has 2 heterocycles. The first-order valence-corrected chi connectivity index (χ1v) is 7.52. The monoisotopic (exact) mass is 310 g/mol. The quantitative estimate of drug-likeness (QED) is 0.783. The van der Waals surface area contributed by atoms with Crippen molar-refractivity contribution in [3.8, 4) is 5.75 Å². The molecule has 118 valence electrons. The molecule has 0 atom stereocenters. The molecule has 3 aromatic rings. The molecule has 0 spiro atoms. The molecule has 0 amide bonds. The number of aromatic nitrogens is 2. The zero-order chi connectivity index (χ0) is 16.4. The van der Waals surface area contributed by atoms with Gasteiger partial charge in [0.15, 0.2) is 17.1 Å². The topological polar surface area (TPSA) is 63.8 Å². The molecule has 5 nitrogen and oxygen atoms in total. The average Bonchev–Trinajstić information content (AvgIpc) is 2.91. The lowest BCUT2D eigenvalue weighted by atomic mass is 10.2.